The van der Waals surface area contributed by atoms with E-state index in [2.05, 4.69) is 26.0 Å². The Hall–Kier alpha value is -1.52. The summed E-state index contributed by atoms with van der Waals surface area (Å²) in [6, 6.07) is 6.05. The van der Waals surface area contributed by atoms with E-state index < -0.39 is 0 Å². The van der Waals surface area contributed by atoms with Crippen LogP contribution in [0.15, 0.2) is 24.3 Å². The predicted molar refractivity (Wildman–Crippen MR) is 98.0 cm³/mol. The van der Waals surface area contributed by atoms with Crippen LogP contribution in [0.5, 0.6) is 11.5 Å². The number of morpholine rings is 1. The van der Waals surface area contributed by atoms with Crippen LogP contribution in [0.1, 0.15) is 39.2 Å². The third kappa shape index (κ3) is 5.84. The largest absolute Gasteiger partial charge is 0.493 e. The van der Waals surface area contributed by atoms with Crippen LogP contribution in [0.2, 0.25) is 0 Å². The van der Waals surface area contributed by atoms with Crippen molar-refractivity contribution in [3.8, 4) is 11.5 Å². The van der Waals surface area contributed by atoms with Crippen molar-refractivity contribution in [1.29, 1.82) is 0 Å². The smallest absolute Gasteiger partial charge is 0.161 e. The molecule has 134 valence electrons. The molecule has 1 aromatic carbocycles. The lowest BCUT2D eigenvalue weighted by Crippen LogP contribution is -3.15. The molecule has 1 aliphatic heterocycles. The van der Waals surface area contributed by atoms with Crippen LogP contribution in [-0.2, 0) is 4.74 Å². The molecule has 4 nitrogen and oxygen atoms in total. The monoisotopic (exact) mass is 334 g/mol. The van der Waals surface area contributed by atoms with Crippen molar-refractivity contribution in [3.63, 3.8) is 0 Å². The minimum Gasteiger partial charge on any atom is -0.493 e. The van der Waals surface area contributed by atoms with Gasteiger partial charge in [-0.1, -0.05) is 18.2 Å². The van der Waals surface area contributed by atoms with Gasteiger partial charge in [0.2, 0.25) is 0 Å². The van der Waals surface area contributed by atoms with Crippen molar-refractivity contribution in [1.82, 2.24) is 0 Å². The molecule has 0 bridgehead atoms. The number of benzene rings is 1. The van der Waals surface area contributed by atoms with Crippen LogP contribution >= 0.6 is 0 Å². The Morgan fingerprint density at radius 2 is 1.92 bits per heavy atom. The topological polar surface area (TPSA) is 32.1 Å². The average Bonchev–Trinajstić information content (AvgIpc) is 2.55. The van der Waals surface area contributed by atoms with E-state index in [4.69, 9.17) is 14.2 Å². The first-order valence-corrected chi connectivity index (χ1v) is 9.05. The van der Waals surface area contributed by atoms with Crippen molar-refractivity contribution in [2.24, 2.45) is 0 Å². The molecule has 0 aliphatic carbocycles. The molecule has 0 amide bonds. The van der Waals surface area contributed by atoms with Gasteiger partial charge in [0.15, 0.2) is 11.5 Å². The molecular weight excluding hydrogens is 302 g/mol. The fraction of sp³-hybridized carbons (Fsp3) is 0.600. The Balaban J connectivity index is 1.72. The first-order chi connectivity index (χ1) is 11.6. The van der Waals surface area contributed by atoms with Crippen molar-refractivity contribution < 1.29 is 19.1 Å². The highest BCUT2D eigenvalue weighted by Crippen LogP contribution is 2.28. The summed E-state index contributed by atoms with van der Waals surface area (Å²) in [5.74, 6) is 1.62. The summed E-state index contributed by atoms with van der Waals surface area (Å²) in [6.45, 7) is 10.5. The third-order valence-electron chi connectivity index (χ3n) is 4.35. The maximum atomic E-state index is 5.91. The van der Waals surface area contributed by atoms with Gasteiger partial charge in [-0.25, -0.2) is 0 Å². The summed E-state index contributed by atoms with van der Waals surface area (Å²) in [5, 5.41) is 0. The second kappa shape index (κ2) is 9.70. The van der Waals surface area contributed by atoms with E-state index in [1.54, 1.807) is 12.0 Å². The fourth-order valence-electron chi connectivity index (χ4n) is 3.35. The van der Waals surface area contributed by atoms with Gasteiger partial charge in [-0.3, -0.25) is 0 Å². The van der Waals surface area contributed by atoms with E-state index in [0.717, 1.165) is 43.2 Å². The number of quaternary nitrogens is 1. The molecule has 0 radical (unpaired) electrons. The summed E-state index contributed by atoms with van der Waals surface area (Å²) in [7, 11) is 1.69. The predicted octanol–water partition coefficient (Wildman–Crippen LogP) is 2.58. The molecule has 3 atom stereocenters. The third-order valence-corrected chi connectivity index (χ3v) is 4.35. The number of rotatable bonds is 8. The number of hydrogen-bond donors (Lipinski definition) is 1. The zero-order valence-corrected chi connectivity index (χ0v) is 15.5. The van der Waals surface area contributed by atoms with Crippen LogP contribution in [-0.4, -0.2) is 45.6 Å². The maximum absolute atomic E-state index is 5.91. The molecule has 0 spiro atoms. The van der Waals surface area contributed by atoms with E-state index in [1.807, 2.05) is 25.1 Å². The van der Waals surface area contributed by atoms with E-state index >= 15 is 0 Å². The van der Waals surface area contributed by atoms with Crippen molar-refractivity contribution >= 4 is 6.08 Å². The van der Waals surface area contributed by atoms with Crippen LogP contribution in [0.4, 0.5) is 0 Å². The maximum Gasteiger partial charge on any atom is 0.161 e. The normalized spacial score (nSPS) is 24.2. The van der Waals surface area contributed by atoms with Gasteiger partial charge in [-0.05, 0) is 51.3 Å². The average molecular weight is 334 g/mol. The van der Waals surface area contributed by atoms with Crippen LogP contribution in [0.25, 0.3) is 6.08 Å². The molecule has 1 heterocycles. The van der Waals surface area contributed by atoms with Gasteiger partial charge in [0.1, 0.15) is 25.3 Å². The molecule has 0 aromatic heterocycles. The Morgan fingerprint density at radius 1 is 1.17 bits per heavy atom. The molecule has 24 heavy (non-hydrogen) atoms. The van der Waals surface area contributed by atoms with Gasteiger partial charge in [0.05, 0.1) is 20.3 Å². The van der Waals surface area contributed by atoms with Gasteiger partial charge >= 0.3 is 0 Å². The summed E-state index contributed by atoms with van der Waals surface area (Å²) in [4.78, 5) is 1.65. The molecule has 1 aliphatic rings. The quantitative estimate of drug-likeness (QED) is 0.742. The van der Waals surface area contributed by atoms with E-state index in [9.17, 15) is 0 Å². The summed E-state index contributed by atoms with van der Waals surface area (Å²) in [6.07, 6.45) is 7.06. The molecule has 1 aromatic rings. The van der Waals surface area contributed by atoms with E-state index in [-0.39, 0.29) is 0 Å². The Labute approximate surface area is 146 Å². The van der Waals surface area contributed by atoms with Crippen molar-refractivity contribution in [2.45, 2.75) is 45.8 Å². The minimum absolute atomic E-state index is 0.375. The molecular formula is C20H32NO3+. The fourth-order valence-corrected chi connectivity index (χ4v) is 3.35. The second-order valence-corrected chi connectivity index (χ2v) is 6.63. The van der Waals surface area contributed by atoms with E-state index in [0.29, 0.717) is 12.2 Å². The molecule has 1 unspecified atom stereocenters. The highest BCUT2D eigenvalue weighted by atomic mass is 16.5. The van der Waals surface area contributed by atoms with Gasteiger partial charge in [0.25, 0.3) is 0 Å². The zero-order chi connectivity index (χ0) is 17.4. The van der Waals surface area contributed by atoms with Crippen molar-refractivity contribution in [3.05, 3.63) is 29.8 Å². The highest BCUT2D eigenvalue weighted by Gasteiger charge is 2.24. The van der Waals surface area contributed by atoms with E-state index in [1.165, 1.54) is 13.0 Å². The summed E-state index contributed by atoms with van der Waals surface area (Å²) in [5.41, 5.74) is 1.13. The van der Waals surface area contributed by atoms with Gasteiger partial charge < -0.3 is 19.1 Å². The molecule has 2 rings (SSSR count). The Kier molecular flexibility index (Phi) is 7.60. The Morgan fingerprint density at radius 3 is 2.58 bits per heavy atom. The van der Waals surface area contributed by atoms with Crippen LogP contribution in [0, 0.1) is 0 Å². The Bertz CT molecular complexity index is 520. The lowest BCUT2D eigenvalue weighted by Gasteiger charge is -2.32. The molecule has 1 saturated heterocycles. The number of nitrogens with one attached hydrogen (secondary N) is 1. The zero-order valence-electron chi connectivity index (χ0n) is 15.5. The lowest BCUT2D eigenvalue weighted by atomic mass is 10.2. The van der Waals surface area contributed by atoms with Gasteiger partial charge in [-0.15, -0.1) is 0 Å². The first-order valence-electron chi connectivity index (χ1n) is 9.05. The second-order valence-electron chi connectivity index (χ2n) is 6.63. The summed E-state index contributed by atoms with van der Waals surface area (Å²) >= 11 is 0. The minimum atomic E-state index is 0.375. The summed E-state index contributed by atoms with van der Waals surface area (Å²) < 4.78 is 17.1. The van der Waals surface area contributed by atoms with Crippen LogP contribution in [0.3, 0.4) is 0 Å². The van der Waals surface area contributed by atoms with Gasteiger partial charge in [-0.2, -0.15) is 0 Å². The lowest BCUT2D eigenvalue weighted by molar-refractivity contribution is -0.915. The van der Waals surface area contributed by atoms with Crippen LogP contribution < -0.4 is 14.4 Å². The molecule has 1 fully saturated rings. The standard InChI is InChI=1S/C20H31NO3/c1-5-8-18-9-10-19(20(13-18)22-4)23-12-7-6-11-21-14-16(2)24-17(3)15-21/h5,8-10,13,16-17H,6-7,11-12,14-15H2,1-4H3/p+1/b8-5+/t16-,17+. The SMILES string of the molecule is C/C=C/c1ccc(OCCCC[NH+]2C[C@@H](C)O[C@@H](C)C2)c(OC)c1. The number of unbranched alkanes of at least 4 members (excludes halogenated alkanes) is 1. The number of allylic oxidation sites excluding steroid dienone is 1. The first kappa shape index (κ1) is 18.8. The number of methoxy groups -OCH3 is 1. The molecule has 4 heteroatoms. The number of hydrogen-bond acceptors (Lipinski definition) is 3. The number of ether oxygens (including phenoxy) is 3. The molecule has 0 saturated carbocycles. The van der Waals surface area contributed by atoms with Crippen molar-refractivity contribution in [2.75, 3.05) is 33.4 Å². The highest BCUT2D eigenvalue weighted by molar-refractivity contribution is 5.55. The molecule has 1 N–H and O–H groups in total. The van der Waals surface area contributed by atoms with Gasteiger partial charge in [0, 0.05) is 0 Å².